The molecule has 184 valence electrons. The molecule has 0 saturated carbocycles. The van der Waals surface area contributed by atoms with E-state index in [4.69, 9.17) is 4.74 Å². The van der Waals surface area contributed by atoms with Crippen LogP contribution in [0.5, 0.6) is 5.75 Å². The Bertz CT molecular complexity index is 1130. The summed E-state index contributed by atoms with van der Waals surface area (Å²) in [6, 6.07) is 24.4. The van der Waals surface area contributed by atoms with Crippen LogP contribution in [-0.4, -0.2) is 34.9 Å². The summed E-state index contributed by atoms with van der Waals surface area (Å²) < 4.78 is 6.84. The molecule has 0 aliphatic rings. The molecule has 35 heavy (non-hydrogen) atoms. The summed E-state index contributed by atoms with van der Waals surface area (Å²) in [5, 5.41) is 3.07. The van der Waals surface area contributed by atoms with Gasteiger partial charge in [0, 0.05) is 23.0 Å². The second-order valence-corrected chi connectivity index (χ2v) is 10.5. The predicted molar refractivity (Wildman–Crippen MR) is 143 cm³/mol. The first-order valence-corrected chi connectivity index (χ1v) is 12.5. The molecule has 3 aromatic carbocycles. The molecule has 1 N–H and O–H groups in total. The highest BCUT2D eigenvalue weighted by atomic mass is 79.9. The minimum atomic E-state index is -0.695. The highest BCUT2D eigenvalue weighted by Crippen LogP contribution is 2.22. The Hall–Kier alpha value is -3.12. The van der Waals surface area contributed by atoms with Crippen molar-refractivity contribution in [3.05, 3.63) is 100 Å². The van der Waals surface area contributed by atoms with E-state index in [1.165, 1.54) is 0 Å². The molecular weight excluding hydrogens is 504 g/mol. The monoisotopic (exact) mass is 536 g/mol. The average Bonchev–Trinajstić information content (AvgIpc) is 2.82. The molecule has 3 aromatic rings. The third-order valence-corrected chi connectivity index (χ3v) is 6.35. The Morgan fingerprint density at radius 2 is 1.54 bits per heavy atom. The van der Waals surface area contributed by atoms with Crippen molar-refractivity contribution in [1.82, 2.24) is 10.2 Å². The lowest BCUT2D eigenvalue weighted by Gasteiger charge is -2.33. The van der Waals surface area contributed by atoms with E-state index in [0.717, 1.165) is 21.2 Å². The molecule has 6 heteroatoms. The predicted octanol–water partition coefficient (Wildman–Crippen LogP) is 5.69. The zero-order chi connectivity index (χ0) is 25.4. The summed E-state index contributed by atoms with van der Waals surface area (Å²) in [7, 11) is 0. The van der Waals surface area contributed by atoms with E-state index in [1.807, 2.05) is 107 Å². The van der Waals surface area contributed by atoms with Crippen molar-refractivity contribution in [2.75, 3.05) is 6.61 Å². The van der Waals surface area contributed by atoms with Crippen LogP contribution in [0.1, 0.15) is 37.5 Å². The van der Waals surface area contributed by atoms with Gasteiger partial charge in [-0.25, -0.2) is 0 Å². The highest BCUT2D eigenvalue weighted by molar-refractivity contribution is 9.10. The van der Waals surface area contributed by atoms with E-state index in [-0.39, 0.29) is 18.4 Å². The Balaban J connectivity index is 1.90. The Morgan fingerprint density at radius 3 is 2.11 bits per heavy atom. The number of halogens is 1. The van der Waals surface area contributed by atoms with Crippen LogP contribution in [-0.2, 0) is 22.6 Å². The van der Waals surface area contributed by atoms with Gasteiger partial charge < -0.3 is 15.0 Å². The molecule has 0 aliphatic heterocycles. The van der Waals surface area contributed by atoms with Gasteiger partial charge in [0.25, 0.3) is 5.91 Å². The molecule has 5 nitrogen and oxygen atoms in total. The maximum Gasteiger partial charge on any atom is 0.261 e. The van der Waals surface area contributed by atoms with E-state index >= 15 is 0 Å². The number of rotatable bonds is 9. The molecule has 0 heterocycles. The topological polar surface area (TPSA) is 58.6 Å². The highest BCUT2D eigenvalue weighted by Gasteiger charge is 2.32. The summed E-state index contributed by atoms with van der Waals surface area (Å²) in [4.78, 5) is 28.7. The van der Waals surface area contributed by atoms with E-state index in [1.54, 1.807) is 4.90 Å². The molecule has 0 fully saturated rings. The van der Waals surface area contributed by atoms with Gasteiger partial charge in [0.15, 0.2) is 6.61 Å². The molecule has 0 bridgehead atoms. The molecule has 3 rings (SSSR count). The molecule has 1 atom stereocenters. The molecule has 0 saturated heterocycles. The molecule has 2 amide bonds. The van der Waals surface area contributed by atoms with Crippen molar-refractivity contribution in [2.45, 2.75) is 52.2 Å². The maximum absolute atomic E-state index is 13.6. The first-order valence-electron chi connectivity index (χ1n) is 11.7. The third-order valence-electron chi connectivity index (χ3n) is 5.46. The van der Waals surface area contributed by atoms with Crippen LogP contribution in [0.4, 0.5) is 0 Å². The molecule has 0 spiro atoms. The van der Waals surface area contributed by atoms with Gasteiger partial charge in [-0.15, -0.1) is 0 Å². The first kappa shape index (κ1) is 26.5. The van der Waals surface area contributed by atoms with Gasteiger partial charge in [-0.1, -0.05) is 76.6 Å². The summed E-state index contributed by atoms with van der Waals surface area (Å²) in [6.45, 7) is 7.92. The van der Waals surface area contributed by atoms with Gasteiger partial charge in [0.2, 0.25) is 5.91 Å². The van der Waals surface area contributed by atoms with Gasteiger partial charge in [0.05, 0.1) is 0 Å². The summed E-state index contributed by atoms with van der Waals surface area (Å²) >= 11 is 3.48. The van der Waals surface area contributed by atoms with Crippen LogP contribution < -0.4 is 10.1 Å². The number of nitrogens with zero attached hydrogens (tertiary/aromatic N) is 1. The van der Waals surface area contributed by atoms with Crippen LogP contribution >= 0.6 is 15.9 Å². The second-order valence-electron chi connectivity index (χ2n) is 9.65. The van der Waals surface area contributed by atoms with Crippen molar-refractivity contribution in [2.24, 2.45) is 0 Å². The minimum Gasteiger partial charge on any atom is -0.484 e. The zero-order valence-electron chi connectivity index (χ0n) is 20.8. The Kier molecular flexibility index (Phi) is 9.10. The SMILES string of the molecule is Cc1cc(OCC(=O)N(Cc2ccccc2)[C@H](Cc2ccccc2)C(=O)NC(C)(C)C)ccc1Br. The average molecular weight is 537 g/mol. The number of amides is 2. The molecule has 0 aromatic heterocycles. The number of carbonyl (C=O) groups is 2. The summed E-state index contributed by atoms with van der Waals surface area (Å²) in [5.41, 5.74) is 2.51. The fourth-order valence-electron chi connectivity index (χ4n) is 3.72. The third kappa shape index (κ3) is 8.25. The van der Waals surface area contributed by atoms with Gasteiger partial charge in [-0.2, -0.15) is 0 Å². The summed E-state index contributed by atoms with van der Waals surface area (Å²) in [5.74, 6) is 0.169. The maximum atomic E-state index is 13.6. The largest absolute Gasteiger partial charge is 0.484 e. The van der Waals surface area contributed by atoms with Gasteiger partial charge >= 0.3 is 0 Å². The smallest absolute Gasteiger partial charge is 0.261 e. The second kappa shape index (κ2) is 12.0. The van der Waals surface area contributed by atoms with E-state index < -0.39 is 11.6 Å². The lowest BCUT2D eigenvalue weighted by atomic mass is 10.0. The molecule has 0 unspecified atom stereocenters. The lowest BCUT2D eigenvalue weighted by Crippen LogP contribution is -2.55. The minimum absolute atomic E-state index is 0.165. The fraction of sp³-hybridized carbons (Fsp3) is 0.310. The van der Waals surface area contributed by atoms with Crippen molar-refractivity contribution in [3.63, 3.8) is 0 Å². The van der Waals surface area contributed by atoms with Crippen LogP contribution in [0.2, 0.25) is 0 Å². The quantitative estimate of drug-likeness (QED) is 0.382. The van der Waals surface area contributed by atoms with Gasteiger partial charge in [0.1, 0.15) is 11.8 Å². The van der Waals surface area contributed by atoms with Crippen molar-refractivity contribution in [1.29, 1.82) is 0 Å². The van der Waals surface area contributed by atoms with Crippen LogP contribution in [0.15, 0.2) is 83.3 Å². The van der Waals surface area contributed by atoms with E-state index in [0.29, 0.717) is 18.7 Å². The normalized spacial score (nSPS) is 12.0. The zero-order valence-corrected chi connectivity index (χ0v) is 22.3. The molecular formula is C29H33BrN2O3. The van der Waals surface area contributed by atoms with E-state index in [2.05, 4.69) is 21.2 Å². The van der Waals surface area contributed by atoms with Gasteiger partial charge in [-0.05, 0) is 62.6 Å². The standard InChI is InChI=1S/C29H33BrN2O3/c1-21-17-24(15-16-25(21)30)35-20-27(33)32(19-23-13-9-6-10-14-23)26(28(34)31-29(2,3)4)18-22-11-7-5-8-12-22/h5-17,26H,18-20H2,1-4H3,(H,31,34)/t26-/m1/s1. The number of nitrogens with one attached hydrogen (secondary N) is 1. The molecule has 0 aliphatic carbocycles. The number of carbonyl (C=O) groups excluding carboxylic acids is 2. The number of ether oxygens (including phenoxy) is 1. The summed E-state index contributed by atoms with van der Waals surface area (Å²) in [6.07, 6.45) is 0.402. The van der Waals surface area contributed by atoms with Crippen molar-refractivity contribution >= 4 is 27.7 Å². The Morgan fingerprint density at radius 1 is 0.943 bits per heavy atom. The van der Waals surface area contributed by atoms with E-state index in [9.17, 15) is 9.59 Å². The van der Waals surface area contributed by atoms with Crippen LogP contribution in [0, 0.1) is 6.92 Å². The Labute approximate surface area is 216 Å². The first-order chi connectivity index (χ1) is 16.6. The number of hydrogen-bond acceptors (Lipinski definition) is 3. The number of hydrogen-bond donors (Lipinski definition) is 1. The lowest BCUT2D eigenvalue weighted by molar-refractivity contribution is -0.143. The number of aryl methyl sites for hydroxylation is 1. The van der Waals surface area contributed by atoms with Crippen molar-refractivity contribution < 1.29 is 14.3 Å². The van der Waals surface area contributed by atoms with Crippen molar-refractivity contribution in [3.8, 4) is 5.75 Å². The molecule has 0 radical (unpaired) electrons. The van der Waals surface area contributed by atoms with Crippen LogP contribution in [0.25, 0.3) is 0 Å². The fourth-order valence-corrected chi connectivity index (χ4v) is 3.97. The van der Waals surface area contributed by atoms with Gasteiger partial charge in [-0.3, -0.25) is 9.59 Å². The van der Waals surface area contributed by atoms with Crippen LogP contribution in [0.3, 0.4) is 0 Å². The number of benzene rings is 3.